The molecule has 0 radical (unpaired) electrons. The maximum atomic E-state index is 13.8. The molecule has 2 aliphatic carbocycles. The number of methoxy groups -OCH3 is 1. The average Bonchev–Trinajstić information content (AvgIpc) is 3.84. The van der Waals surface area contributed by atoms with Gasteiger partial charge < -0.3 is 24.4 Å². The average molecular weight is 744 g/mol. The van der Waals surface area contributed by atoms with Gasteiger partial charge in [0.2, 0.25) is 21.8 Å². The van der Waals surface area contributed by atoms with Gasteiger partial charge in [0, 0.05) is 29.8 Å². The van der Waals surface area contributed by atoms with E-state index in [0.29, 0.717) is 30.3 Å². The van der Waals surface area contributed by atoms with Crippen LogP contribution < -0.4 is 24.4 Å². The minimum Gasteiger partial charge on any atom is -0.497 e. The molecular weight excluding hydrogens is 705 g/mol. The molecule has 1 aliphatic heterocycles. The molecule has 4 atom stereocenters. The lowest BCUT2D eigenvalue weighted by molar-refractivity contribution is -0.131. The summed E-state index contributed by atoms with van der Waals surface area (Å²) < 4.78 is 44.2. The summed E-state index contributed by atoms with van der Waals surface area (Å²) in [5.74, 6) is 0.292. The number of aromatic nitrogens is 1. The summed E-state index contributed by atoms with van der Waals surface area (Å²) in [5, 5.41) is 3.76. The molecule has 0 bridgehead atoms. The quantitative estimate of drug-likeness (QED) is 0.289. The first-order valence-electron chi connectivity index (χ1n) is 14.4. The van der Waals surface area contributed by atoms with E-state index in [9.17, 15) is 22.8 Å². The number of carbonyl (C=O) groups is 3. The molecule has 2 N–H and O–H groups in total. The molecule has 5 rings (SSSR count). The van der Waals surface area contributed by atoms with Crippen LogP contribution in [0.4, 0.5) is 10.6 Å². The van der Waals surface area contributed by atoms with E-state index < -0.39 is 56.5 Å². The number of anilines is 1. The molecule has 13 nitrogen and oxygen atoms in total. The Morgan fingerprint density at radius 2 is 1.84 bits per heavy atom. The zero-order valence-electron chi connectivity index (χ0n) is 25.5. The summed E-state index contributed by atoms with van der Waals surface area (Å²) >= 11 is 2.02. The van der Waals surface area contributed by atoms with Crippen molar-refractivity contribution in [3.63, 3.8) is 0 Å². The normalized spacial score (nSPS) is 24.9. The number of hydrogen-bond acceptors (Lipinski definition) is 10. The number of halogens is 1. The van der Waals surface area contributed by atoms with Crippen molar-refractivity contribution in [2.24, 2.45) is 0 Å². The molecule has 2 saturated carbocycles. The van der Waals surface area contributed by atoms with Crippen LogP contribution in [0.5, 0.6) is 11.6 Å². The van der Waals surface area contributed by atoms with Crippen molar-refractivity contribution in [1.29, 1.82) is 0 Å². The van der Waals surface area contributed by atoms with E-state index in [0.717, 1.165) is 10.8 Å². The number of benzene rings is 1. The lowest BCUT2D eigenvalue weighted by atomic mass is 10.1. The number of rotatable bonds is 9. The Hall–Kier alpha value is -3.08. The summed E-state index contributed by atoms with van der Waals surface area (Å²) in [5.41, 5.74) is -2.22. The predicted molar refractivity (Wildman–Crippen MR) is 172 cm³/mol. The number of nitrogens with zero attached hydrogens (tertiary/aromatic N) is 3. The van der Waals surface area contributed by atoms with Gasteiger partial charge in [-0.15, -0.1) is 0 Å². The fourth-order valence-corrected chi connectivity index (χ4v) is 7.58. The number of alkyl halides is 1. The third-order valence-corrected chi connectivity index (χ3v) is 11.1. The van der Waals surface area contributed by atoms with Crippen LogP contribution in [0.3, 0.4) is 0 Å². The molecule has 15 heteroatoms. The second-order valence-corrected chi connectivity index (χ2v) is 16.2. The summed E-state index contributed by atoms with van der Waals surface area (Å²) in [4.78, 5) is 48.1. The standard InChI is InChI=1S/C29H38IN5O8S/c1-28(2,3)43-27(38)35-15-18(42-25-20-10-7-17(41-6)11-16(20)12-23(31-25)34(4)5)13-21(35)24(36)32-29(14-22(29)30)26(37)33-44(39,40)19-8-9-19/h7,10-12,18-19,21-22H,8-9,13-15H2,1-6H3,(H,32,36)(H,33,37)/t18-,21+,22-,29-/m1/s1. The largest absolute Gasteiger partial charge is 0.497 e. The molecule has 1 aromatic heterocycles. The predicted octanol–water partition coefficient (Wildman–Crippen LogP) is 2.74. The molecule has 3 amide bonds. The molecule has 0 unspecified atom stereocenters. The third-order valence-electron chi connectivity index (χ3n) is 7.75. The van der Waals surface area contributed by atoms with E-state index in [4.69, 9.17) is 19.2 Å². The van der Waals surface area contributed by atoms with Gasteiger partial charge in [0.05, 0.1) is 18.9 Å². The highest BCUT2D eigenvalue weighted by Gasteiger charge is 2.62. The molecule has 2 aromatic rings. The minimum atomic E-state index is -3.80. The van der Waals surface area contributed by atoms with E-state index in [1.54, 1.807) is 33.9 Å². The van der Waals surface area contributed by atoms with E-state index in [1.165, 1.54) is 4.90 Å². The molecule has 1 aromatic carbocycles. The highest BCUT2D eigenvalue weighted by molar-refractivity contribution is 14.1. The first-order valence-corrected chi connectivity index (χ1v) is 17.2. The number of nitrogens with one attached hydrogen (secondary N) is 2. The first-order chi connectivity index (χ1) is 20.5. The van der Waals surface area contributed by atoms with Crippen LogP contribution in [-0.4, -0.2) is 96.4 Å². The zero-order valence-corrected chi connectivity index (χ0v) is 28.5. The Bertz CT molecular complexity index is 1590. The Labute approximate surface area is 270 Å². The van der Waals surface area contributed by atoms with Crippen molar-refractivity contribution in [1.82, 2.24) is 19.9 Å². The minimum absolute atomic E-state index is 0.0292. The molecule has 1 saturated heterocycles. The van der Waals surface area contributed by atoms with Crippen molar-refractivity contribution in [2.75, 3.05) is 32.6 Å². The van der Waals surface area contributed by atoms with Gasteiger partial charge >= 0.3 is 6.09 Å². The Morgan fingerprint density at radius 3 is 2.41 bits per heavy atom. The van der Waals surface area contributed by atoms with Gasteiger partial charge in [-0.05, 0) is 69.7 Å². The Kier molecular flexibility index (Phi) is 8.59. The monoisotopic (exact) mass is 743 g/mol. The van der Waals surface area contributed by atoms with Gasteiger partial charge in [-0.25, -0.2) is 13.2 Å². The molecule has 3 aliphatic rings. The van der Waals surface area contributed by atoms with E-state index in [1.807, 2.05) is 59.8 Å². The van der Waals surface area contributed by atoms with E-state index in [2.05, 4.69) is 10.0 Å². The summed E-state index contributed by atoms with van der Waals surface area (Å²) in [7, 11) is 1.50. The fourth-order valence-electron chi connectivity index (χ4n) is 5.08. The molecule has 44 heavy (non-hydrogen) atoms. The summed E-state index contributed by atoms with van der Waals surface area (Å²) in [6.07, 6.45) is 0.0212. The van der Waals surface area contributed by atoms with Gasteiger partial charge in [0.1, 0.15) is 34.9 Å². The van der Waals surface area contributed by atoms with Crippen LogP contribution in [0, 0.1) is 0 Å². The van der Waals surface area contributed by atoms with E-state index in [-0.39, 0.29) is 23.3 Å². The molecular formula is C29H38IN5O8S. The van der Waals surface area contributed by atoms with Gasteiger partial charge in [-0.2, -0.15) is 4.98 Å². The lowest BCUT2D eigenvalue weighted by Gasteiger charge is -2.29. The maximum Gasteiger partial charge on any atom is 0.411 e. The van der Waals surface area contributed by atoms with Crippen LogP contribution in [-0.2, 0) is 24.3 Å². The smallest absolute Gasteiger partial charge is 0.411 e. The number of sulfonamides is 1. The number of fused-ring (bicyclic) bond motifs is 1. The SMILES string of the molecule is COc1ccc2c(O[C@@H]3C[C@@H](C(=O)N[C@]4(C(=O)NS(=O)(=O)C5CC5)C[C@H]4I)N(C(=O)OC(C)(C)C)C3)nc(N(C)C)cc2c1. The first kappa shape index (κ1) is 32.3. The van der Waals surface area contributed by atoms with Crippen molar-refractivity contribution < 1.29 is 37.0 Å². The highest BCUT2D eigenvalue weighted by Crippen LogP contribution is 2.44. The number of amides is 3. The number of carbonyl (C=O) groups excluding carboxylic acids is 3. The van der Waals surface area contributed by atoms with Crippen molar-refractivity contribution in [3.05, 3.63) is 24.3 Å². The Morgan fingerprint density at radius 1 is 1.16 bits per heavy atom. The second-order valence-electron chi connectivity index (χ2n) is 12.7. The van der Waals surface area contributed by atoms with E-state index >= 15 is 0 Å². The number of ether oxygens (including phenoxy) is 3. The van der Waals surface area contributed by atoms with Crippen molar-refractivity contribution in [2.45, 2.75) is 78.9 Å². The van der Waals surface area contributed by atoms with Gasteiger partial charge in [0.15, 0.2) is 0 Å². The lowest BCUT2D eigenvalue weighted by Crippen LogP contribution is -2.57. The molecule has 240 valence electrons. The number of pyridine rings is 1. The van der Waals surface area contributed by atoms with Crippen molar-refractivity contribution >= 4 is 67.1 Å². The number of hydrogen-bond donors (Lipinski definition) is 2. The molecule has 2 heterocycles. The van der Waals surface area contributed by atoms with Crippen LogP contribution in [0.2, 0.25) is 0 Å². The van der Waals surface area contributed by atoms with Crippen LogP contribution in [0.15, 0.2) is 24.3 Å². The van der Waals surface area contributed by atoms with Crippen molar-refractivity contribution in [3.8, 4) is 11.6 Å². The third kappa shape index (κ3) is 6.77. The Balaban J connectivity index is 1.40. The molecule has 3 fully saturated rings. The summed E-state index contributed by atoms with van der Waals surface area (Å²) in [6, 6.07) is 6.39. The fraction of sp³-hybridized carbons (Fsp3) is 0.586. The zero-order chi connectivity index (χ0) is 32.2. The highest BCUT2D eigenvalue weighted by atomic mass is 127. The molecule has 0 spiro atoms. The van der Waals surface area contributed by atoms with Gasteiger partial charge in [0.25, 0.3) is 5.91 Å². The second kappa shape index (κ2) is 11.7. The van der Waals surface area contributed by atoms with Gasteiger partial charge in [-0.3, -0.25) is 19.2 Å². The van der Waals surface area contributed by atoms with Gasteiger partial charge in [-0.1, -0.05) is 22.6 Å². The summed E-state index contributed by atoms with van der Waals surface area (Å²) in [6.45, 7) is 5.21. The van der Waals surface area contributed by atoms with Crippen LogP contribution in [0.1, 0.15) is 46.5 Å². The van der Waals surface area contributed by atoms with Crippen LogP contribution in [0.25, 0.3) is 10.8 Å². The number of likely N-dealkylation sites (tertiary alicyclic amines) is 1. The van der Waals surface area contributed by atoms with Crippen LogP contribution >= 0.6 is 22.6 Å². The maximum absolute atomic E-state index is 13.8. The topological polar surface area (TPSA) is 156 Å².